The Kier molecular flexibility index (Phi) is 4.66. The van der Waals surface area contributed by atoms with Gasteiger partial charge in [0.2, 0.25) is 0 Å². The fraction of sp³-hybridized carbons (Fsp3) is 0.333. The van der Waals surface area contributed by atoms with Crippen molar-refractivity contribution in [2.45, 2.75) is 32.6 Å². The first-order chi connectivity index (χ1) is 9.08. The number of benzene rings is 2. The normalized spacial score (nSPS) is 14.1. The quantitative estimate of drug-likeness (QED) is 0.648. The van der Waals surface area contributed by atoms with Gasteiger partial charge in [-0.1, -0.05) is 55.5 Å². The van der Waals surface area contributed by atoms with E-state index in [-0.39, 0.29) is 5.38 Å². The van der Waals surface area contributed by atoms with Gasteiger partial charge in [-0.3, -0.25) is 0 Å². The monoisotopic (exact) mass is 272 g/mol. The Hall–Kier alpha value is -1.27. The molecule has 19 heavy (non-hydrogen) atoms. The molecule has 1 heteroatoms. The highest BCUT2D eigenvalue weighted by Gasteiger charge is 2.16. The van der Waals surface area contributed by atoms with Crippen LogP contribution in [0.5, 0.6) is 0 Å². The lowest BCUT2D eigenvalue weighted by molar-refractivity contribution is 0.558. The van der Waals surface area contributed by atoms with Crippen LogP contribution < -0.4 is 0 Å². The summed E-state index contributed by atoms with van der Waals surface area (Å²) in [6.45, 7) is 6.54. The summed E-state index contributed by atoms with van der Waals surface area (Å²) in [6, 6.07) is 17.0. The van der Waals surface area contributed by atoms with E-state index in [9.17, 15) is 0 Å². The molecule has 0 nitrogen and oxygen atoms in total. The minimum Gasteiger partial charge on any atom is -0.118 e. The minimum absolute atomic E-state index is 0.0720. The zero-order valence-electron chi connectivity index (χ0n) is 11.9. The van der Waals surface area contributed by atoms with Gasteiger partial charge >= 0.3 is 0 Å². The topological polar surface area (TPSA) is 0 Å². The fourth-order valence-corrected chi connectivity index (χ4v) is 2.61. The zero-order valence-corrected chi connectivity index (χ0v) is 12.6. The Morgan fingerprint density at radius 2 is 1.63 bits per heavy atom. The molecule has 0 saturated carbocycles. The Balaban J connectivity index is 2.08. The van der Waals surface area contributed by atoms with Crippen molar-refractivity contribution in [3.05, 3.63) is 70.8 Å². The van der Waals surface area contributed by atoms with Gasteiger partial charge in [-0.25, -0.2) is 0 Å². The van der Waals surface area contributed by atoms with Crippen LogP contribution in [-0.2, 0) is 6.42 Å². The van der Waals surface area contributed by atoms with Crippen LogP contribution in [-0.4, -0.2) is 0 Å². The van der Waals surface area contributed by atoms with Gasteiger partial charge in [0.1, 0.15) is 0 Å². The lowest BCUT2D eigenvalue weighted by atomic mass is 9.92. The van der Waals surface area contributed by atoms with Gasteiger partial charge in [0, 0.05) is 0 Å². The van der Waals surface area contributed by atoms with Crippen LogP contribution in [0.3, 0.4) is 0 Å². The number of hydrogen-bond donors (Lipinski definition) is 0. The van der Waals surface area contributed by atoms with E-state index in [1.165, 1.54) is 22.3 Å². The molecular weight excluding hydrogens is 252 g/mol. The molecule has 0 spiro atoms. The summed E-state index contributed by atoms with van der Waals surface area (Å²) in [4.78, 5) is 0. The van der Waals surface area contributed by atoms with Gasteiger partial charge in [-0.05, 0) is 48.4 Å². The van der Waals surface area contributed by atoms with Crippen molar-refractivity contribution >= 4 is 11.6 Å². The van der Waals surface area contributed by atoms with Crippen LogP contribution in [0.4, 0.5) is 0 Å². The first-order valence-corrected chi connectivity index (χ1v) is 7.26. The third-order valence-corrected chi connectivity index (χ3v) is 4.43. The predicted octanol–water partition coefficient (Wildman–Crippen LogP) is 5.46. The van der Waals surface area contributed by atoms with Crippen molar-refractivity contribution in [2.24, 2.45) is 5.92 Å². The van der Waals surface area contributed by atoms with E-state index in [1.54, 1.807) is 0 Å². The van der Waals surface area contributed by atoms with E-state index in [4.69, 9.17) is 11.6 Å². The van der Waals surface area contributed by atoms with Gasteiger partial charge in [-0.2, -0.15) is 0 Å². The highest BCUT2D eigenvalue weighted by Crippen LogP contribution is 2.31. The molecule has 2 aromatic carbocycles. The maximum Gasteiger partial charge on any atom is 0.0613 e. The van der Waals surface area contributed by atoms with Gasteiger partial charge in [0.15, 0.2) is 0 Å². The van der Waals surface area contributed by atoms with Gasteiger partial charge in [0.25, 0.3) is 0 Å². The summed E-state index contributed by atoms with van der Waals surface area (Å²) in [6.07, 6.45) is 1.02. The first-order valence-electron chi connectivity index (χ1n) is 6.83. The summed E-state index contributed by atoms with van der Waals surface area (Å²) in [5, 5.41) is 0.0720. The summed E-state index contributed by atoms with van der Waals surface area (Å²) in [5.41, 5.74) is 5.29. The molecule has 0 aliphatic rings. The highest BCUT2D eigenvalue weighted by molar-refractivity contribution is 6.21. The molecule has 0 heterocycles. The number of halogens is 1. The minimum atomic E-state index is 0.0720. The van der Waals surface area contributed by atoms with Gasteiger partial charge in [0.05, 0.1) is 5.38 Å². The Morgan fingerprint density at radius 3 is 2.26 bits per heavy atom. The average Bonchev–Trinajstić information content (AvgIpc) is 2.43. The van der Waals surface area contributed by atoms with E-state index in [2.05, 4.69) is 51.1 Å². The Labute approximate surface area is 121 Å². The second kappa shape index (κ2) is 6.25. The van der Waals surface area contributed by atoms with Crippen LogP contribution in [0.15, 0.2) is 48.5 Å². The van der Waals surface area contributed by atoms with Crippen LogP contribution in [0.1, 0.15) is 34.6 Å². The molecule has 0 aliphatic carbocycles. The molecule has 2 unspecified atom stereocenters. The molecule has 100 valence electrons. The van der Waals surface area contributed by atoms with Crippen molar-refractivity contribution in [1.29, 1.82) is 0 Å². The van der Waals surface area contributed by atoms with E-state index in [0.717, 1.165) is 6.42 Å². The average molecular weight is 273 g/mol. The molecule has 2 rings (SSSR count). The lowest BCUT2D eigenvalue weighted by Crippen LogP contribution is -2.07. The zero-order chi connectivity index (χ0) is 13.8. The molecule has 2 atom stereocenters. The van der Waals surface area contributed by atoms with E-state index < -0.39 is 0 Å². The van der Waals surface area contributed by atoms with Crippen molar-refractivity contribution in [3.63, 3.8) is 0 Å². The molecule has 0 amide bonds. The second-order valence-electron chi connectivity index (χ2n) is 5.41. The van der Waals surface area contributed by atoms with E-state index in [1.807, 2.05) is 18.2 Å². The summed E-state index contributed by atoms with van der Waals surface area (Å²) in [7, 11) is 0. The number of hydrogen-bond acceptors (Lipinski definition) is 0. The molecule has 0 N–H and O–H groups in total. The molecule has 0 fully saturated rings. The van der Waals surface area contributed by atoms with E-state index >= 15 is 0 Å². The number of aryl methyl sites for hydroxylation is 2. The molecular formula is C18H21Cl. The molecule has 0 saturated heterocycles. The molecule has 0 aromatic heterocycles. The fourth-order valence-electron chi connectivity index (χ4n) is 2.37. The van der Waals surface area contributed by atoms with Crippen molar-refractivity contribution in [1.82, 2.24) is 0 Å². The predicted molar refractivity (Wildman–Crippen MR) is 83.8 cm³/mol. The molecule has 2 aromatic rings. The highest BCUT2D eigenvalue weighted by atomic mass is 35.5. The summed E-state index contributed by atoms with van der Waals surface area (Å²) in [5.74, 6) is 0.422. The second-order valence-corrected chi connectivity index (χ2v) is 5.88. The molecule has 0 bridgehead atoms. The summed E-state index contributed by atoms with van der Waals surface area (Å²) < 4.78 is 0. The number of rotatable bonds is 4. The number of alkyl halides is 1. The third-order valence-electron chi connectivity index (χ3n) is 3.75. The maximum atomic E-state index is 6.58. The van der Waals surface area contributed by atoms with Crippen molar-refractivity contribution < 1.29 is 0 Å². The largest absolute Gasteiger partial charge is 0.118 e. The summed E-state index contributed by atoms with van der Waals surface area (Å²) >= 11 is 6.58. The van der Waals surface area contributed by atoms with Crippen LogP contribution in [0.2, 0.25) is 0 Å². The van der Waals surface area contributed by atoms with Crippen LogP contribution in [0, 0.1) is 19.8 Å². The van der Waals surface area contributed by atoms with Gasteiger partial charge < -0.3 is 0 Å². The molecule has 0 aliphatic heterocycles. The molecule has 0 radical (unpaired) electrons. The van der Waals surface area contributed by atoms with Crippen molar-refractivity contribution in [3.8, 4) is 0 Å². The van der Waals surface area contributed by atoms with E-state index in [0.29, 0.717) is 5.92 Å². The van der Waals surface area contributed by atoms with Crippen molar-refractivity contribution in [2.75, 3.05) is 0 Å². The first kappa shape index (κ1) is 14.1. The SMILES string of the molecule is Cc1ccc(CC(C)C(Cl)c2ccccc2)cc1C. The maximum absolute atomic E-state index is 6.58. The standard InChI is InChI=1S/C18H21Cl/c1-13-9-10-16(11-14(13)2)12-15(3)18(19)17-7-5-4-6-8-17/h4-11,15,18H,12H2,1-3H3. The van der Waals surface area contributed by atoms with Gasteiger partial charge in [-0.15, -0.1) is 11.6 Å². The van der Waals surface area contributed by atoms with Crippen LogP contribution in [0.25, 0.3) is 0 Å². The lowest BCUT2D eigenvalue weighted by Gasteiger charge is -2.19. The third kappa shape index (κ3) is 3.61. The smallest absolute Gasteiger partial charge is 0.0613 e. The Bertz CT molecular complexity index is 531. The Morgan fingerprint density at radius 1 is 0.947 bits per heavy atom. The van der Waals surface area contributed by atoms with Crippen LogP contribution >= 0.6 is 11.6 Å².